The van der Waals surface area contributed by atoms with Gasteiger partial charge in [-0.2, -0.15) is 0 Å². The standard InChI is InChI=1S/C18H30N2O4/c1-17(2,3)24-16(22)20-18(4,5)12-19-10-14-8-7-13(11-21)9-15(14)23-6/h7-9,19,21H,10-12H2,1-6H3,(H,20,22). The van der Waals surface area contributed by atoms with Gasteiger partial charge in [0.2, 0.25) is 0 Å². The molecule has 6 nitrogen and oxygen atoms in total. The predicted octanol–water partition coefficient (Wildman–Crippen LogP) is 2.58. The average molecular weight is 338 g/mol. The zero-order valence-corrected chi connectivity index (χ0v) is 15.5. The van der Waals surface area contributed by atoms with E-state index in [0.29, 0.717) is 13.1 Å². The van der Waals surface area contributed by atoms with Crippen LogP contribution in [0.2, 0.25) is 0 Å². The van der Waals surface area contributed by atoms with Crippen LogP contribution in [0.15, 0.2) is 18.2 Å². The van der Waals surface area contributed by atoms with Crippen LogP contribution in [0.5, 0.6) is 5.75 Å². The molecule has 0 aliphatic rings. The number of benzene rings is 1. The molecule has 136 valence electrons. The molecule has 0 saturated heterocycles. The molecule has 0 unspecified atom stereocenters. The van der Waals surface area contributed by atoms with Crippen molar-refractivity contribution in [3.05, 3.63) is 29.3 Å². The first-order valence-corrected chi connectivity index (χ1v) is 8.05. The lowest BCUT2D eigenvalue weighted by atomic mass is 10.1. The molecule has 24 heavy (non-hydrogen) atoms. The highest BCUT2D eigenvalue weighted by molar-refractivity contribution is 5.68. The van der Waals surface area contributed by atoms with Crippen LogP contribution in [-0.2, 0) is 17.9 Å². The van der Waals surface area contributed by atoms with Crippen LogP contribution in [-0.4, -0.2) is 36.0 Å². The third-order valence-corrected chi connectivity index (χ3v) is 3.26. The largest absolute Gasteiger partial charge is 0.496 e. The Morgan fingerprint density at radius 2 is 1.88 bits per heavy atom. The van der Waals surface area contributed by atoms with Crippen LogP contribution < -0.4 is 15.4 Å². The highest BCUT2D eigenvalue weighted by atomic mass is 16.6. The van der Waals surface area contributed by atoms with Crippen LogP contribution in [0.4, 0.5) is 4.79 Å². The van der Waals surface area contributed by atoms with Crippen molar-refractivity contribution in [3.63, 3.8) is 0 Å². The number of carbonyl (C=O) groups excluding carboxylic acids is 1. The van der Waals surface area contributed by atoms with Gasteiger partial charge in [-0.3, -0.25) is 0 Å². The number of hydrogen-bond acceptors (Lipinski definition) is 5. The van der Waals surface area contributed by atoms with E-state index in [1.165, 1.54) is 0 Å². The van der Waals surface area contributed by atoms with E-state index in [4.69, 9.17) is 9.47 Å². The molecule has 0 aromatic heterocycles. The number of rotatable bonds is 7. The zero-order chi connectivity index (χ0) is 18.4. The second kappa shape index (κ2) is 8.35. The smallest absolute Gasteiger partial charge is 0.408 e. The Labute approximate surface area is 144 Å². The molecule has 0 saturated carbocycles. The van der Waals surface area contributed by atoms with Crippen molar-refractivity contribution >= 4 is 6.09 Å². The Morgan fingerprint density at radius 1 is 1.21 bits per heavy atom. The fourth-order valence-corrected chi connectivity index (χ4v) is 2.17. The third-order valence-electron chi connectivity index (χ3n) is 3.26. The zero-order valence-electron chi connectivity index (χ0n) is 15.5. The van der Waals surface area contributed by atoms with Crippen LogP contribution in [0.1, 0.15) is 45.7 Å². The Hall–Kier alpha value is -1.79. The SMILES string of the molecule is COc1cc(CO)ccc1CNCC(C)(C)NC(=O)OC(C)(C)C. The number of hydrogen-bond donors (Lipinski definition) is 3. The molecular formula is C18H30N2O4. The van der Waals surface area contributed by atoms with Gasteiger partial charge >= 0.3 is 6.09 Å². The summed E-state index contributed by atoms with van der Waals surface area (Å²) in [7, 11) is 1.61. The summed E-state index contributed by atoms with van der Waals surface area (Å²) in [6.07, 6.45) is -0.431. The summed E-state index contributed by atoms with van der Waals surface area (Å²) >= 11 is 0. The van der Waals surface area contributed by atoms with E-state index in [0.717, 1.165) is 16.9 Å². The van der Waals surface area contributed by atoms with Gasteiger partial charge in [0, 0.05) is 18.7 Å². The Morgan fingerprint density at radius 3 is 2.42 bits per heavy atom. The molecule has 0 aliphatic carbocycles. The Kier molecular flexibility index (Phi) is 7.05. The molecular weight excluding hydrogens is 308 g/mol. The molecule has 1 aromatic carbocycles. The van der Waals surface area contributed by atoms with Crippen LogP contribution in [0, 0.1) is 0 Å². The van der Waals surface area contributed by atoms with E-state index in [1.54, 1.807) is 7.11 Å². The second-order valence-electron chi connectivity index (χ2n) is 7.42. The molecule has 0 spiro atoms. The van der Waals surface area contributed by atoms with Gasteiger partial charge in [0.15, 0.2) is 0 Å². The quantitative estimate of drug-likeness (QED) is 0.712. The minimum absolute atomic E-state index is 0.0170. The van der Waals surface area contributed by atoms with E-state index in [-0.39, 0.29) is 6.61 Å². The topological polar surface area (TPSA) is 79.8 Å². The number of alkyl carbamates (subject to hydrolysis) is 1. The van der Waals surface area contributed by atoms with Crippen molar-refractivity contribution in [3.8, 4) is 5.75 Å². The Bertz CT molecular complexity index is 550. The maximum absolute atomic E-state index is 11.9. The summed E-state index contributed by atoms with van der Waals surface area (Å²) in [5.74, 6) is 0.729. The van der Waals surface area contributed by atoms with Crippen molar-refractivity contribution in [2.24, 2.45) is 0 Å². The minimum Gasteiger partial charge on any atom is -0.496 e. The number of aliphatic hydroxyl groups excluding tert-OH is 1. The van der Waals surface area contributed by atoms with E-state index in [2.05, 4.69) is 10.6 Å². The molecule has 0 radical (unpaired) electrons. The number of aliphatic hydroxyl groups is 1. The van der Waals surface area contributed by atoms with E-state index in [9.17, 15) is 9.90 Å². The summed E-state index contributed by atoms with van der Waals surface area (Å²) in [6, 6.07) is 5.61. The molecule has 0 heterocycles. The average Bonchev–Trinajstić information content (AvgIpc) is 2.44. The molecule has 0 atom stereocenters. The highest BCUT2D eigenvalue weighted by Crippen LogP contribution is 2.20. The van der Waals surface area contributed by atoms with Crippen LogP contribution >= 0.6 is 0 Å². The third kappa shape index (κ3) is 7.19. The van der Waals surface area contributed by atoms with Gasteiger partial charge < -0.3 is 25.2 Å². The number of methoxy groups -OCH3 is 1. The van der Waals surface area contributed by atoms with Crippen molar-refractivity contribution in [2.75, 3.05) is 13.7 Å². The van der Waals surface area contributed by atoms with Crippen molar-refractivity contribution in [1.29, 1.82) is 0 Å². The lowest BCUT2D eigenvalue weighted by Crippen LogP contribution is -2.51. The molecule has 0 fully saturated rings. The molecule has 0 aliphatic heterocycles. The van der Waals surface area contributed by atoms with Crippen molar-refractivity contribution < 1.29 is 19.4 Å². The lowest BCUT2D eigenvalue weighted by Gasteiger charge is -2.29. The van der Waals surface area contributed by atoms with Gasteiger partial charge in [-0.25, -0.2) is 4.79 Å². The first-order valence-electron chi connectivity index (χ1n) is 8.05. The number of carbonyl (C=O) groups is 1. The lowest BCUT2D eigenvalue weighted by molar-refractivity contribution is 0.0472. The first kappa shape index (κ1) is 20.3. The van der Waals surface area contributed by atoms with Gasteiger partial charge in [-0.05, 0) is 46.2 Å². The number of ether oxygens (including phenoxy) is 2. The van der Waals surface area contributed by atoms with Crippen molar-refractivity contribution in [1.82, 2.24) is 10.6 Å². The summed E-state index contributed by atoms with van der Waals surface area (Å²) < 4.78 is 10.6. The second-order valence-corrected chi connectivity index (χ2v) is 7.42. The molecule has 0 bridgehead atoms. The maximum atomic E-state index is 11.9. The van der Waals surface area contributed by atoms with Crippen LogP contribution in [0.3, 0.4) is 0 Å². The maximum Gasteiger partial charge on any atom is 0.408 e. The Balaban J connectivity index is 2.55. The molecule has 6 heteroatoms. The summed E-state index contributed by atoms with van der Waals surface area (Å²) in [5.41, 5.74) is 0.820. The molecule has 1 aromatic rings. The van der Waals surface area contributed by atoms with E-state index >= 15 is 0 Å². The molecule has 3 N–H and O–H groups in total. The number of nitrogens with one attached hydrogen (secondary N) is 2. The van der Waals surface area contributed by atoms with Crippen molar-refractivity contribution in [2.45, 2.75) is 58.9 Å². The monoisotopic (exact) mass is 338 g/mol. The molecule has 1 amide bonds. The summed E-state index contributed by atoms with van der Waals surface area (Å²) in [6.45, 7) is 10.5. The van der Waals surface area contributed by atoms with E-state index in [1.807, 2.05) is 52.8 Å². The fraction of sp³-hybridized carbons (Fsp3) is 0.611. The van der Waals surface area contributed by atoms with Gasteiger partial charge in [0.05, 0.1) is 19.3 Å². The predicted molar refractivity (Wildman–Crippen MR) is 94.1 cm³/mol. The number of amides is 1. The van der Waals surface area contributed by atoms with Crippen LogP contribution in [0.25, 0.3) is 0 Å². The minimum atomic E-state index is -0.518. The first-order chi connectivity index (χ1) is 11.1. The van der Waals surface area contributed by atoms with Gasteiger partial charge in [0.1, 0.15) is 11.4 Å². The van der Waals surface area contributed by atoms with Gasteiger partial charge in [-0.15, -0.1) is 0 Å². The summed E-state index contributed by atoms with van der Waals surface area (Å²) in [4.78, 5) is 11.9. The summed E-state index contributed by atoms with van der Waals surface area (Å²) in [5, 5.41) is 15.3. The van der Waals surface area contributed by atoms with Gasteiger partial charge in [-0.1, -0.05) is 12.1 Å². The highest BCUT2D eigenvalue weighted by Gasteiger charge is 2.24. The normalized spacial score (nSPS) is 12.0. The fourth-order valence-electron chi connectivity index (χ4n) is 2.17. The molecule has 1 rings (SSSR count). The van der Waals surface area contributed by atoms with E-state index < -0.39 is 17.2 Å². The van der Waals surface area contributed by atoms with Gasteiger partial charge in [0.25, 0.3) is 0 Å².